The maximum Gasteiger partial charge on any atom is 0.146 e. The highest BCUT2D eigenvalue weighted by molar-refractivity contribution is 5.53. The van der Waals surface area contributed by atoms with E-state index in [0.29, 0.717) is 18.7 Å². The Balaban J connectivity index is 1.82. The van der Waals surface area contributed by atoms with Gasteiger partial charge in [-0.2, -0.15) is 5.26 Å². The molecule has 1 saturated heterocycles. The molecule has 1 aromatic rings. The lowest BCUT2D eigenvalue weighted by molar-refractivity contribution is -0.00900. The molecule has 0 amide bonds. The molecule has 1 aliphatic heterocycles. The summed E-state index contributed by atoms with van der Waals surface area (Å²) in [5.74, 6) is 0.758. The molecule has 0 radical (unpaired) electrons. The summed E-state index contributed by atoms with van der Waals surface area (Å²) in [5.41, 5.74) is 0.612. The van der Waals surface area contributed by atoms with Crippen LogP contribution in [0.3, 0.4) is 0 Å². The smallest absolute Gasteiger partial charge is 0.146 e. The highest BCUT2D eigenvalue weighted by atomic mass is 16.5. The fourth-order valence-electron chi connectivity index (χ4n) is 2.53. The number of hydrogen-bond donors (Lipinski definition) is 1. The first-order valence-electron chi connectivity index (χ1n) is 7.72. The Bertz CT molecular complexity index is 507. The van der Waals surface area contributed by atoms with Gasteiger partial charge in [0.25, 0.3) is 0 Å². The molecule has 0 aliphatic carbocycles. The third-order valence-corrected chi connectivity index (χ3v) is 3.67. The lowest BCUT2D eigenvalue weighted by atomic mass is 10.2. The summed E-state index contributed by atoms with van der Waals surface area (Å²) in [6, 6.07) is 5.76. The van der Waals surface area contributed by atoms with E-state index in [9.17, 15) is 5.11 Å². The Hall–Kier alpha value is -1.68. The van der Waals surface area contributed by atoms with Gasteiger partial charge >= 0.3 is 0 Å². The lowest BCUT2D eigenvalue weighted by Gasteiger charge is -2.36. The molecular formula is C16H24N4O2. The van der Waals surface area contributed by atoms with Crippen LogP contribution in [0.4, 0.5) is 5.82 Å². The highest BCUT2D eigenvalue weighted by Gasteiger charge is 2.21. The first kappa shape index (κ1) is 16.7. The van der Waals surface area contributed by atoms with Crippen molar-refractivity contribution in [2.24, 2.45) is 0 Å². The number of pyridine rings is 1. The van der Waals surface area contributed by atoms with Gasteiger partial charge in [-0.1, -0.05) is 0 Å². The number of nitriles is 1. The Labute approximate surface area is 131 Å². The number of nitrogens with zero attached hydrogens (tertiary/aromatic N) is 4. The molecule has 6 nitrogen and oxygen atoms in total. The van der Waals surface area contributed by atoms with Crippen LogP contribution in [0.15, 0.2) is 18.3 Å². The van der Waals surface area contributed by atoms with Crippen LogP contribution in [0, 0.1) is 11.3 Å². The number of β-amino-alcohol motifs (C(OH)–C–C–N with tert-alkyl or cyclic N) is 1. The van der Waals surface area contributed by atoms with Gasteiger partial charge < -0.3 is 14.7 Å². The van der Waals surface area contributed by atoms with Gasteiger partial charge in [0, 0.05) is 38.9 Å². The van der Waals surface area contributed by atoms with Gasteiger partial charge in [-0.25, -0.2) is 4.98 Å². The van der Waals surface area contributed by atoms with Crippen LogP contribution in [-0.4, -0.2) is 66.5 Å². The zero-order valence-corrected chi connectivity index (χ0v) is 13.3. The predicted molar refractivity (Wildman–Crippen MR) is 84.7 cm³/mol. The Kier molecular flexibility index (Phi) is 6.13. The van der Waals surface area contributed by atoms with Gasteiger partial charge in [0.1, 0.15) is 11.9 Å². The molecule has 2 rings (SSSR count). The summed E-state index contributed by atoms with van der Waals surface area (Å²) < 4.78 is 5.43. The summed E-state index contributed by atoms with van der Waals surface area (Å²) in [4.78, 5) is 8.68. The van der Waals surface area contributed by atoms with E-state index in [1.807, 2.05) is 13.8 Å². The van der Waals surface area contributed by atoms with Crippen LogP contribution in [0.2, 0.25) is 0 Å². The second-order valence-corrected chi connectivity index (χ2v) is 5.81. The van der Waals surface area contributed by atoms with Crippen LogP contribution in [0.1, 0.15) is 19.4 Å². The van der Waals surface area contributed by atoms with Crippen LogP contribution in [-0.2, 0) is 4.74 Å². The maximum atomic E-state index is 9.98. The second-order valence-electron chi connectivity index (χ2n) is 5.81. The molecule has 1 fully saturated rings. The predicted octanol–water partition coefficient (Wildman–Crippen LogP) is 0.861. The Morgan fingerprint density at radius 1 is 1.36 bits per heavy atom. The first-order valence-corrected chi connectivity index (χ1v) is 7.72. The summed E-state index contributed by atoms with van der Waals surface area (Å²) >= 11 is 0. The van der Waals surface area contributed by atoms with Gasteiger partial charge in [0.2, 0.25) is 0 Å². The number of piperazine rings is 1. The zero-order chi connectivity index (χ0) is 15.9. The lowest BCUT2D eigenvalue weighted by Crippen LogP contribution is -2.49. The molecule has 1 N–H and O–H groups in total. The number of rotatable bonds is 6. The van der Waals surface area contributed by atoms with E-state index in [-0.39, 0.29) is 6.10 Å². The van der Waals surface area contributed by atoms with E-state index in [4.69, 9.17) is 10.00 Å². The fourth-order valence-corrected chi connectivity index (χ4v) is 2.53. The highest BCUT2D eigenvalue weighted by Crippen LogP contribution is 2.18. The topological polar surface area (TPSA) is 72.6 Å². The van der Waals surface area contributed by atoms with E-state index < -0.39 is 6.10 Å². The number of hydrogen-bond acceptors (Lipinski definition) is 6. The SMILES string of the molecule is CC(C)OC[C@@H](O)CN1CCN(c2ncccc2C#N)CC1. The number of aromatic nitrogens is 1. The van der Waals surface area contributed by atoms with E-state index in [1.165, 1.54) is 0 Å². The summed E-state index contributed by atoms with van der Waals surface area (Å²) in [7, 11) is 0. The standard InChI is InChI=1S/C16H24N4O2/c1-13(2)22-12-15(21)11-19-6-8-20(9-7-19)16-14(10-17)4-3-5-18-16/h3-5,13,15,21H,6-9,11-12H2,1-2H3/t15-/m0/s1. The van der Waals surface area contributed by atoms with Crippen molar-refractivity contribution >= 4 is 5.82 Å². The normalized spacial score (nSPS) is 17.5. The molecule has 2 heterocycles. The summed E-state index contributed by atoms with van der Waals surface area (Å²) in [6.07, 6.45) is 1.40. The average molecular weight is 304 g/mol. The maximum absolute atomic E-state index is 9.98. The van der Waals surface area contributed by atoms with Crippen molar-refractivity contribution < 1.29 is 9.84 Å². The molecule has 6 heteroatoms. The van der Waals surface area contributed by atoms with Crippen molar-refractivity contribution in [3.8, 4) is 6.07 Å². The van der Waals surface area contributed by atoms with Crippen LogP contribution < -0.4 is 4.90 Å². The third-order valence-electron chi connectivity index (χ3n) is 3.67. The van der Waals surface area contributed by atoms with Crippen molar-refractivity contribution in [3.63, 3.8) is 0 Å². The largest absolute Gasteiger partial charge is 0.389 e. The summed E-state index contributed by atoms with van der Waals surface area (Å²) in [6.45, 7) is 8.23. The van der Waals surface area contributed by atoms with Crippen molar-refractivity contribution in [2.45, 2.75) is 26.1 Å². The molecule has 120 valence electrons. The van der Waals surface area contributed by atoms with Gasteiger partial charge in [-0.05, 0) is 26.0 Å². The monoisotopic (exact) mass is 304 g/mol. The molecule has 22 heavy (non-hydrogen) atoms. The molecule has 0 saturated carbocycles. The molecule has 0 unspecified atom stereocenters. The van der Waals surface area contributed by atoms with E-state index in [1.54, 1.807) is 18.3 Å². The molecule has 1 aromatic heterocycles. The fraction of sp³-hybridized carbons (Fsp3) is 0.625. The molecular weight excluding hydrogens is 280 g/mol. The van der Waals surface area contributed by atoms with Gasteiger partial charge in [-0.15, -0.1) is 0 Å². The van der Waals surface area contributed by atoms with Crippen molar-refractivity contribution in [1.29, 1.82) is 5.26 Å². The number of aliphatic hydroxyl groups excluding tert-OH is 1. The van der Waals surface area contributed by atoms with E-state index >= 15 is 0 Å². The average Bonchev–Trinajstić information content (AvgIpc) is 2.53. The van der Waals surface area contributed by atoms with Gasteiger partial charge in [0.05, 0.1) is 24.4 Å². The first-order chi connectivity index (χ1) is 10.6. The summed E-state index contributed by atoms with van der Waals surface area (Å²) in [5, 5.41) is 19.1. The number of anilines is 1. The minimum atomic E-state index is -0.460. The second kappa shape index (κ2) is 8.08. The quantitative estimate of drug-likeness (QED) is 0.840. The Morgan fingerprint density at radius 2 is 2.09 bits per heavy atom. The molecule has 0 aromatic carbocycles. The minimum Gasteiger partial charge on any atom is -0.389 e. The molecule has 0 bridgehead atoms. The van der Waals surface area contributed by atoms with Crippen molar-refractivity contribution in [2.75, 3.05) is 44.2 Å². The van der Waals surface area contributed by atoms with E-state index in [0.717, 1.165) is 32.0 Å². The molecule has 0 spiro atoms. The van der Waals surface area contributed by atoms with E-state index in [2.05, 4.69) is 20.9 Å². The van der Waals surface area contributed by atoms with Crippen LogP contribution in [0.25, 0.3) is 0 Å². The van der Waals surface area contributed by atoms with Gasteiger partial charge in [-0.3, -0.25) is 4.90 Å². The van der Waals surface area contributed by atoms with Crippen LogP contribution >= 0.6 is 0 Å². The minimum absolute atomic E-state index is 0.139. The van der Waals surface area contributed by atoms with Crippen molar-refractivity contribution in [3.05, 3.63) is 23.9 Å². The number of aliphatic hydroxyl groups is 1. The van der Waals surface area contributed by atoms with Gasteiger partial charge in [0.15, 0.2) is 0 Å². The number of ether oxygens (including phenoxy) is 1. The van der Waals surface area contributed by atoms with Crippen LogP contribution in [0.5, 0.6) is 0 Å². The van der Waals surface area contributed by atoms with Crippen molar-refractivity contribution in [1.82, 2.24) is 9.88 Å². The molecule has 1 aliphatic rings. The zero-order valence-electron chi connectivity index (χ0n) is 13.3. The third kappa shape index (κ3) is 4.67. The molecule has 1 atom stereocenters. The Morgan fingerprint density at radius 3 is 2.73 bits per heavy atom.